The lowest BCUT2D eigenvalue weighted by molar-refractivity contribution is -0.209. The molecule has 0 unspecified atom stereocenters. The Morgan fingerprint density at radius 3 is 2.00 bits per heavy atom. The molecule has 0 aromatic heterocycles. The zero-order valence-electron chi connectivity index (χ0n) is 6.05. The van der Waals surface area contributed by atoms with Gasteiger partial charge in [0.25, 0.3) is 0 Å². The largest absolute Gasteiger partial charge is 0.305 e. The van der Waals surface area contributed by atoms with Crippen molar-refractivity contribution in [3.8, 4) is 5.75 Å². The van der Waals surface area contributed by atoms with Crippen molar-refractivity contribution in [1.82, 2.24) is 0 Å². The molecular formula is C8H9O2. The number of rotatable bonds is 1. The molecule has 2 nitrogen and oxygen atoms in total. The van der Waals surface area contributed by atoms with Crippen LogP contribution >= 0.6 is 0 Å². The zero-order chi connectivity index (χ0) is 7.56. The fourth-order valence-corrected chi connectivity index (χ4v) is 0.931. The second kappa shape index (κ2) is 2.71. The summed E-state index contributed by atoms with van der Waals surface area (Å²) < 4.78 is 0. The van der Waals surface area contributed by atoms with Gasteiger partial charge in [0.2, 0.25) is 0 Å². The van der Waals surface area contributed by atoms with Gasteiger partial charge in [-0.2, -0.15) is 0 Å². The van der Waals surface area contributed by atoms with Crippen LogP contribution in [0.4, 0.5) is 0 Å². The van der Waals surface area contributed by atoms with Gasteiger partial charge in [-0.15, -0.1) is 0 Å². The van der Waals surface area contributed by atoms with Crippen LogP contribution in [-0.4, -0.2) is 0 Å². The summed E-state index contributed by atoms with van der Waals surface area (Å²) in [5.41, 5.74) is 1.77. The predicted octanol–water partition coefficient (Wildman–Crippen LogP) is 2.03. The highest BCUT2D eigenvalue weighted by Crippen LogP contribution is 2.21. The first-order chi connectivity index (χ1) is 4.75. The Morgan fingerprint density at radius 1 is 1.20 bits per heavy atom. The second-order valence-corrected chi connectivity index (χ2v) is 2.30. The first-order valence-electron chi connectivity index (χ1n) is 3.11. The maximum Gasteiger partial charge on any atom is 0.174 e. The van der Waals surface area contributed by atoms with E-state index < -0.39 is 0 Å². The maximum absolute atomic E-state index is 10.1. The van der Waals surface area contributed by atoms with Crippen molar-refractivity contribution in [3.05, 3.63) is 29.3 Å². The molecule has 1 radical (unpaired) electrons. The fraction of sp³-hybridized carbons (Fsp3) is 0.250. The van der Waals surface area contributed by atoms with E-state index in [9.17, 15) is 5.26 Å². The van der Waals surface area contributed by atoms with Gasteiger partial charge in [0, 0.05) is 5.26 Å². The highest BCUT2D eigenvalue weighted by molar-refractivity contribution is 5.39. The molecule has 0 atom stereocenters. The molecular weight excluding hydrogens is 128 g/mol. The topological polar surface area (TPSA) is 29.1 Å². The van der Waals surface area contributed by atoms with Crippen LogP contribution in [0.2, 0.25) is 0 Å². The Balaban J connectivity index is 3.17. The van der Waals surface area contributed by atoms with Gasteiger partial charge in [0.1, 0.15) is 0 Å². The van der Waals surface area contributed by atoms with E-state index in [0.29, 0.717) is 5.75 Å². The standard InChI is InChI=1S/C8H9O2/c1-6-4-3-5-7(2)8(6)10-9/h3-5H,1-2H3. The monoisotopic (exact) mass is 137 g/mol. The average Bonchev–Trinajstić information content (AvgIpc) is 1.88. The fourth-order valence-electron chi connectivity index (χ4n) is 0.931. The molecule has 10 heavy (non-hydrogen) atoms. The van der Waals surface area contributed by atoms with E-state index >= 15 is 0 Å². The summed E-state index contributed by atoms with van der Waals surface area (Å²) in [6, 6.07) is 5.59. The van der Waals surface area contributed by atoms with Gasteiger partial charge in [-0.1, -0.05) is 18.2 Å². The molecule has 1 aromatic rings. The molecule has 0 bridgehead atoms. The highest BCUT2D eigenvalue weighted by atomic mass is 17.1. The van der Waals surface area contributed by atoms with E-state index in [0.717, 1.165) is 11.1 Å². The Hall–Kier alpha value is -1.02. The maximum atomic E-state index is 10.1. The lowest BCUT2D eigenvalue weighted by Gasteiger charge is -2.01. The van der Waals surface area contributed by atoms with Gasteiger partial charge in [0.15, 0.2) is 5.75 Å². The normalized spacial score (nSPS) is 9.50. The summed E-state index contributed by atoms with van der Waals surface area (Å²) >= 11 is 0. The average molecular weight is 137 g/mol. The Kier molecular flexibility index (Phi) is 1.92. The molecule has 0 aliphatic rings. The van der Waals surface area contributed by atoms with Crippen molar-refractivity contribution in [1.29, 1.82) is 0 Å². The lowest BCUT2D eigenvalue weighted by atomic mass is 10.1. The minimum absolute atomic E-state index is 0.447. The van der Waals surface area contributed by atoms with Gasteiger partial charge in [-0.3, -0.25) is 0 Å². The number of hydrogen-bond acceptors (Lipinski definition) is 1. The molecule has 1 rings (SSSR count). The van der Waals surface area contributed by atoms with E-state index in [1.165, 1.54) is 0 Å². The molecule has 0 amide bonds. The summed E-state index contributed by atoms with van der Waals surface area (Å²) in [6.07, 6.45) is 0. The summed E-state index contributed by atoms with van der Waals surface area (Å²) in [6.45, 7) is 3.69. The molecule has 0 aliphatic heterocycles. The lowest BCUT2D eigenvalue weighted by Crippen LogP contribution is -1.88. The van der Waals surface area contributed by atoms with Gasteiger partial charge < -0.3 is 4.89 Å². The number of hydrogen-bond donors (Lipinski definition) is 0. The van der Waals surface area contributed by atoms with Crippen LogP contribution in [-0.2, 0) is 5.26 Å². The summed E-state index contributed by atoms with van der Waals surface area (Å²) in [5, 5.41) is 10.1. The molecule has 0 aliphatic carbocycles. The van der Waals surface area contributed by atoms with Gasteiger partial charge in [-0.05, 0) is 25.0 Å². The first-order valence-corrected chi connectivity index (χ1v) is 3.11. The van der Waals surface area contributed by atoms with Crippen molar-refractivity contribution < 1.29 is 10.1 Å². The SMILES string of the molecule is Cc1cccc(C)c1O[O]. The highest BCUT2D eigenvalue weighted by Gasteiger charge is 2.01. The minimum atomic E-state index is 0.447. The van der Waals surface area contributed by atoms with Crippen molar-refractivity contribution in [2.24, 2.45) is 0 Å². The second-order valence-electron chi connectivity index (χ2n) is 2.30. The van der Waals surface area contributed by atoms with Crippen LogP contribution in [0.3, 0.4) is 0 Å². The summed E-state index contributed by atoms with van der Waals surface area (Å²) in [5.74, 6) is 0.447. The van der Waals surface area contributed by atoms with Crippen LogP contribution in [0.1, 0.15) is 11.1 Å². The third-order valence-corrected chi connectivity index (χ3v) is 1.49. The van der Waals surface area contributed by atoms with Gasteiger partial charge >= 0.3 is 0 Å². The van der Waals surface area contributed by atoms with Crippen LogP contribution in [0.25, 0.3) is 0 Å². The van der Waals surface area contributed by atoms with Crippen molar-refractivity contribution in [2.75, 3.05) is 0 Å². The molecule has 2 heteroatoms. The first kappa shape index (κ1) is 7.09. The van der Waals surface area contributed by atoms with Crippen LogP contribution in [0.15, 0.2) is 18.2 Å². The molecule has 0 spiro atoms. The number of benzene rings is 1. The van der Waals surface area contributed by atoms with E-state index in [1.807, 2.05) is 32.0 Å². The minimum Gasteiger partial charge on any atom is -0.305 e. The van der Waals surface area contributed by atoms with Crippen LogP contribution in [0.5, 0.6) is 5.75 Å². The molecule has 1 aromatic carbocycles. The molecule has 0 fully saturated rings. The van der Waals surface area contributed by atoms with E-state index in [2.05, 4.69) is 4.89 Å². The molecule has 0 N–H and O–H groups in total. The van der Waals surface area contributed by atoms with Crippen molar-refractivity contribution in [3.63, 3.8) is 0 Å². The third-order valence-electron chi connectivity index (χ3n) is 1.49. The summed E-state index contributed by atoms with van der Waals surface area (Å²) in [4.78, 5) is 3.93. The molecule has 0 saturated carbocycles. The number of para-hydroxylation sites is 1. The van der Waals surface area contributed by atoms with E-state index in [-0.39, 0.29) is 0 Å². The van der Waals surface area contributed by atoms with E-state index in [1.54, 1.807) is 0 Å². The van der Waals surface area contributed by atoms with Crippen LogP contribution in [0, 0.1) is 13.8 Å². The zero-order valence-corrected chi connectivity index (χ0v) is 6.05. The predicted molar refractivity (Wildman–Crippen MR) is 37.2 cm³/mol. The third kappa shape index (κ3) is 1.11. The smallest absolute Gasteiger partial charge is 0.174 e. The molecule has 0 saturated heterocycles. The van der Waals surface area contributed by atoms with Crippen molar-refractivity contribution in [2.45, 2.75) is 13.8 Å². The van der Waals surface area contributed by atoms with Crippen LogP contribution < -0.4 is 4.89 Å². The summed E-state index contributed by atoms with van der Waals surface area (Å²) in [7, 11) is 0. The molecule has 0 heterocycles. The van der Waals surface area contributed by atoms with Gasteiger partial charge in [0.05, 0.1) is 0 Å². The molecule has 53 valence electrons. The quantitative estimate of drug-likeness (QED) is 0.430. The van der Waals surface area contributed by atoms with E-state index in [4.69, 9.17) is 0 Å². The Bertz CT molecular complexity index is 210. The Labute approximate surface area is 60.0 Å². The number of aryl methyl sites for hydroxylation is 2. The Morgan fingerprint density at radius 2 is 1.70 bits per heavy atom. The van der Waals surface area contributed by atoms with Gasteiger partial charge in [-0.25, -0.2) is 0 Å². The van der Waals surface area contributed by atoms with Crippen molar-refractivity contribution >= 4 is 0 Å².